The monoisotopic (exact) mass is 486 g/mol. The average molecular weight is 486 g/mol. The van der Waals surface area contributed by atoms with Gasteiger partial charge in [0.2, 0.25) is 5.88 Å². The van der Waals surface area contributed by atoms with Crippen LogP contribution in [0.25, 0.3) is 33.1 Å². The molecular formula is C30H18N2O5. The van der Waals surface area contributed by atoms with E-state index < -0.39 is 17.1 Å². The van der Waals surface area contributed by atoms with Crippen LogP contribution in [-0.4, -0.2) is 15.1 Å². The first kappa shape index (κ1) is 21.1. The second-order valence-electron chi connectivity index (χ2n) is 8.95. The summed E-state index contributed by atoms with van der Waals surface area (Å²) in [5.41, 5.74) is 1.46. The van der Waals surface area contributed by atoms with Crippen LogP contribution >= 0.6 is 0 Å². The second kappa shape index (κ2) is 7.93. The maximum absolute atomic E-state index is 13.6. The van der Waals surface area contributed by atoms with Crippen molar-refractivity contribution >= 4 is 21.7 Å². The average Bonchev–Trinajstić information content (AvgIpc) is 2.92. The van der Waals surface area contributed by atoms with Gasteiger partial charge in [-0.15, -0.1) is 0 Å². The number of hydrogen-bond acceptors (Lipinski definition) is 6. The van der Waals surface area contributed by atoms with Crippen molar-refractivity contribution in [2.45, 2.75) is 5.92 Å². The number of aromatic hydroxyl groups is 1. The van der Waals surface area contributed by atoms with E-state index in [9.17, 15) is 14.7 Å². The molecule has 178 valence electrons. The second-order valence-corrected chi connectivity index (χ2v) is 8.95. The molecule has 0 amide bonds. The predicted molar refractivity (Wildman–Crippen MR) is 139 cm³/mol. The summed E-state index contributed by atoms with van der Waals surface area (Å²) in [6.45, 7) is 0. The van der Waals surface area contributed by atoms with E-state index in [4.69, 9.17) is 9.15 Å². The third-order valence-corrected chi connectivity index (χ3v) is 6.75. The van der Waals surface area contributed by atoms with Crippen LogP contribution in [0.4, 0.5) is 0 Å². The van der Waals surface area contributed by atoms with Crippen LogP contribution < -0.4 is 15.9 Å². The third-order valence-electron chi connectivity index (χ3n) is 6.75. The molecule has 2 N–H and O–H groups in total. The van der Waals surface area contributed by atoms with Crippen molar-refractivity contribution in [3.63, 3.8) is 0 Å². The highest BCUT2D eigenvalue weighted by Gasteiger charge is 2.34. The van der Waals surface area contributed by atoms with E-state index >= 15 is 0 Å². The van der Waals surface area contributed by atoms with Gasteiger partial charge >= 0.3 is 5.63 Å². The zero-order valence-electron chi connectivity index (χ0n) is 19.3. The largest absolute Gasteiger partial charge is 0.508 e. The first-order valence-electron chi connectivity index (χ1n) is 11.7. The van der Waals surface area contributed by atoms with E-state index in [-0.39, 0.29) is 23.0 Å². The molecule has 37 heavy (non-hydrogen) atoms. The molecule has 1 aliphatic heterocycles. The molecule has 7 nitrogen and oxygen atoms in total. The lowest BCUT2D eigenvalue weighted by Crippen LogP contribution is -2.25. The Morgan fingerprint density at radius 1 is 0.838 bits per heavy atom. The van der Waals surface area contributed by atoms with Crippen LogP contribution in [0.2, 0.25) is 0 Å². The van der Waals surface area contributed by atoms with Crippen LogP contribution in [0.5, 0.6) is 17.4 Å². The van der Waals surface area contributed by atoms with Crippen LogP contribution in [0.3, 0.4) is 0 Å². The number of benzene rings is 4. The Morgan fingerprint density at radius 3 is 2.43 bits per heavy atom. The minimum atomic E-state index is -0.612. The fraction of sp³-hybridized carbons (Fsp3) is 0.0333. The van der Waals surface area contributed by atoms with Crippen molar-refractivity contribution in [2.24, 2.45) is 0 Å². The Hall–Kier alpha value is -5.17. The third kappa shape index (κ3) is 3.32. The first-order chi connectivity index (χ1) is 18.1. The molecule has 2 aromatic heterocycles. The Balaban J connectivity index is 1.49. The summed E-state index contributed by atoms with van der Waals surface area (Å²) in [4.78, 5) is 33.8. The normalized spacial score (nSPS) is 14.2. The fourth-order valence-corrected chi connectivity index (χ4v) is 5.01. The maximum atomic E-state index is 13.6. The number of nitrogens with zero attached hydrogens (tertiary/aromatic N) is 1. The molecule has 7 heteroatoms. The van der Waals surface area contributed by atoms with Crippen LogP contribution in [-0.2, 0) is 0 Å². The molecule has 0 saturated carbocycles. The number of H-pyrrole nitrogens is 1. The number of hydrogen-bond donors (Lipinski definition) is 2. The zero-order chi connectivity index (χ0) is 25.1. The van der Waals surface area contributed by atoms with E-state index in [0.29, 0.717) is 22.3 Å². The highest BCUT2D eigenvalue weighted by Crippen LogP contribution is 2.48. The first-order valence-corrected chi connectivity index (χ1v) is 11.7. The standard InChI is InChI=1S/C30H18N2O5/c33-19-12-9-17(10-13-19)24-21-14-11-16-5-1-3-7-20(16)26(21)37-29-25(24)28(34)31-27(32-29)22-15-18-6-2-4-8-23(18)36-30(22)35/h1-15,24,33H,(H,31,32,34). The van der Waals surface area contributed by atoms with Crippen molar-refractivity contribution in [3.8, 4) is 28.8 Å². The summed E-state index contributed by atoms with van der Waals surface area (Å²) in [7, 11) is 0. The fourth-order valence-electron chi connectivity index (χ4n) is 5.01. The van der Waals surface area contributed by atoms with Crippen molar-refractivity contribution in [1.29, 1.82) is 0 Å². The number of nitrogens with one attached hydrogen (secondary N) is 1. The number of rotatable bonds is 2. The summed E-state index contributed by atoms with van der Waals surface area (Å²) in [6.07, 6.45) is 0. The van der Waals surface area contributed by atoms with E-state index in [1.807, 2.05) is 48.5 Å². The molecule has 7 rings (SSSR count). The molecule has 1 atom stereocenters. The van der Waals surface area contributed by atoms with E-state index in [1.165, 1.54) is 0 Å². The number of ether oxygens (including phenoxy) is 1. The molecule has 0 aliphatic carbocycles. The van der Waals surface area contributed by atoms with Gasteiger partial charge in [-0.25, -0.2) is 4.79 Å². The number of phenols is 1. The van der Waals surface area contributed by atoms with Gasteiger partial charge in [0.15, 0.2) is 5.82 Å². The van der Waals surface area contributed by atoms with Gasteiger partial charge in [0.1, 0.15) is 22.6 Å². The molecule has 0 radical (unpaired) electrons. The summed E-state index contributed by atoms with van der Waals surface area (Å²) in [5.74, 6) is 0.408. The van der Waals surface area contributed by atoms with Crippen molar-refractivity contribution in [3.05, 3.63) is 128 Å². The summed E-state index contributed by atoms with van der Waals surface area (Å²) >= 11 is 0. The minimum absolute atomic E-state index is 0.0661. The molecule has 4 aromatic carbocycles. The van der Waals surface area contributed by atoms with Gasteiger partial charge in [-0.2, -0.15) is 4.98 Å². The maximum Gasteiger partial charge on any atom is 0.347 e. The Bertz CT molecular complexity index is 1970. The molecule has 0 saturated heterocycles. The van der Waals surface area contributed by atoms with Crippen molar-refractivity contribution in [2.75, 3.05) is 0 Å². The molecule has 0 spiro atoms. The van der Waals surface area contributed by atoms with Crippen LogP contribution in [0, 0.1) is 0 Å². The number of phenolic OH excluding ortho intramolecular Hbond substituents is 1. The number of para-hydroxylation sites is 1. The van der Waals surface area contributed by atoms with Gasteiger partial charge in [-0.3, -0.25) is 4.79 Å². The minimum Gasteiger partial charge on any atom is -0.508 e. The quantitative estimate of drug-likeness (QED) is 0.304. The lowest BCUT2D eigenvalue weighted by atomic mass is 9.83. The van der Waals surface area contributed by atoms with Crippen LogP contribution in [0.15, 0.2) is 105 Å². The van der Waals surface area contributed by atoms with E-state index in [0.717, 1.165) is 21.9 Å². The van der Waals surface area contributed by atoms with Crippen LogP contribution in [0.1, 0.15) is 22.6 Å². The van der Waals surface area contributed by atoms with E-state index in [1.54, 1.807) is 42.5 Å². The Morgan fingerprint density at radius 2 is 1.59 bits per heavy atom. The van der Waals surface area contributed by atoms with Gasteiger partial charge in [-0.05, 0) is 35.2 Å². The highest BCUT2D eigenvalue weighted by molar-refractivity contribution is 5.91. The SMILES string of the molecule is O=c1[nH]c(-c2cc3ccccc3oc2=O)nc2c1C(c1ccc(O)cc1)c1ccc3ccccc3c1O2. The van der Waals surface area contributed by atoms with E-state index in [2.05, 4.69) is 9.97 Å². The molecular weight excluding hydrogens is 468 g/mol. The highest BCUT2D eigenvalue weighted by atomic mass is 16.5. The summed E-state index contributed by atoms with van der Waals surface area (Å²) in [6, 6.07) is 27.3. The number of aromatic nitrogens is 2. The molecule has 1 aliphatic rings. The lowest BCUT2D eigenvalue weighted by molar-refractivity contribution is 0.436. The van der Waals surface area contributed by atoms with Gasteiger partial charge in [0, 0.05) is 22.3 Å². The molecule has 0 fully saturated rings. The summed E-state index contributed by atoms with van der Waals surface area (Å²) in [5, 5.41) is 12.4. The Kier molecular flexibility index (Phi) is 4.53. The van der Waals surface area contributed by atoms with Crippen molar-refractivity contribution < 1.29 is 14.3 Å². The van der Waals surface area contributed by atoms with Gasteiger partial charge in [0.05, 0.1) is 5.56 Å². The Labute approximate surface area is 209 Å². The zero-order valence-corrected chi connectivity index (χ0v) is 19.3. The molecule has 6 aromatic rings. The molecule has 0 bridgehead atoms. The summed E-state index contributed by atoms with van der Waals surface area (Å²) < 4.78 is 11.8. The number of fused-ring (bicyclic) bond motifs is 5. The smallest absolute Gasteiger partial charge is 0.347 e. The molecule has 1 unspecified atom stereocenters. The topological polar surface area (TPSA) is 105 Å². The van der Waals surface area contributed by atoms with Gasteiger partial charge < -0.3 is 19.2 Å². The predicted octanol–water partition coefficient (Wildman–Crippen LogP) is 5.69. The van der Waals surface area contributed by atoms with Gasteiger partial charge in [-0.1, -0.05) is 66.7 Å². The number of aromatic amines is 1. The lowest BCUT2D eigenvalue weighted by Gasteiger charge is -2.28. The molecule has 3 heterocycles. The van der Waals surface area contributed by atoms with Gasteiger partial charge in [0.25, 0.3) is 5.56 Å². The van der Waals surface area contributed by atoms with Crippen molar-refractivity contribution in [1.82, 2.24) is 9.97 Å².